The molecule has 1 unspecified atom stereocenters. The van der Waals surface area contributed by atoms with Crippen LogP contribution < -0.4 is 11.1 Å². The second-order valence-corrected chi connectivity index (χ2v) is 6.69. The van der Waals surface area contributed by atoms with E-state index in [1.165, 1.54) is 0 Å². The Kier molecular flexibility index (Phi) is 7.07. The minimum atomic E-state index is -0.349. The Morgan fingerprint density at radius 3 is 2.31 bits per heavy atom. The van der Waals surface area contributed by atoms with Crippen LogP contribution in [0.2, 0.25) is 0 Å². The van der Waals surface area contributed by atoms with Gasteiger partial charge in [-0.05, 0) is 33.1 Å². The van der Waals surface area contributed by atoms with Gasteiger partial charge in [-0.25, -0.2) is 0 Å². The molecule has 0 saturated carbocycles. The van der Waals surface area contributed by atoms with Crippen LogP contribution in [0.15, 0.2) is 0 Å². The lowest BCUT2D eigenvalue weighted by molar-refractivity contribution is -0.123. The van der Waals surface area contributed by atoms with E-state index in [-0.39, 0.29) is 16.7 Å². The summed E-state index contributed by atoms with van der Waals surface area (Å²) in [6, 6.07) is 0.192. The molecule has 1 amide bonds. The molecule has 0 spiro atoms. The molecular formula is C12H26N2OS. The molecule has 0 aromatic rings. The summed E-state index contributed by atoms with van der Waals surface area (Å²) in [5.41, 5.74) is 5.52. The fourth-order valence-corrected chi connectivity index (χ4v) is 2.90. The predicted octanol–water partition coefficient (Wildman–Crippen LogP) is 2.01. The first-order chi connectivity index (χ1) is 7.31. The predicted molar refractivity (Wildman–Crippen MR) is 72.7 cm³/mol. The largest absolute Gasteiger partial charge is 0.353 e. The maximum Gasteiger partial charge on any atom is 0.236 e. The molecule has 0 rings (SSSR count). The molecule has 3 N–H and O–H groups in total. The first-order valence-electron chi connectivity index (χ1n) is 5.97. The molecule has 0 bridgehead atoms. The summed E-state index contributed by atoms with van der Waals surface area (Å²) in [6.45, 7) is 10.9. The second kappa shape index (κ2) is 7.17. The maximum absolute atomic E-state index is 12.1. The average Bonchev–Trinajstić information content (AvgIpc) is 2.12. The lowest BCUT2D eigenvalue weighted by Gasteiger charge is -2.30. The molecule has 0 fully saturated rings. The lowest BCUT2D eigenvalue weighted by Crippen LogP contribution is -2.46. The van der Waals surface area contributed by atoms with Crippen molar-refractivity contribution in [2.75, 3.05) is 12.3 Å². The van der Waals surface area contributed by atoms with E-state index in [9.17, 15) is 4.79 Å². The quantitative estimate of drug-likeness (QED) is 0.722. The molecule has 16 heavy (non-hydrogen) atoms. The van der Waals surface area contributed by atoms with E-state index in [0.29, 0.717) is 12.5 Å². The molecule has 0 aliphatic carbocycles. The Hall–Kier alpha value is -0.220. The normalized spacial score (nSPS) is 15.2. The number of carbonyl (C=O) groups excluding carboxylic acids is 1. The molecule has 0 saturated heterocycles. The van der Waals surface area contributed by atoms with Crippen LogP contribution in [0.3, 0.4) is 0 Å². The highest BCUT2D eigenvalue weighted by Crippen LogP contribution is 2.32. The lowest BCUT2D eigenvalue weighted by atomic mass is 9.97. The number of carbonyl (C=O) groups is 1. The van der Waals surface area contributed by atoms with E-state index in [4.69, 9.17) is 5.73 Å². The summed E-state index contributed by atoms with van der Waals surface area (Å²) in [6.07, 6.45) is 0.885. The van der Waals surface area contributed by atoms with Crippen molar-refractivity contribution in [2.45, 2.75) is 51.8 Å². The number of rotatable bonds is 7. The minimum Gasteiger partial charge on any atom is -0.353 e. The van der Waals surface area contributed by atoms with E-state index in [0.717, 1.165) is 12.2 Å². The van der Waals surface area contributed by atoms with E-state index >= 15 is 0 Å². The van der Waals surface area contributed by atoms with Crippen LogP contribution in [0.1, 0.15) is 41.0 Å². The first-order valence-corrected chi connectivity index (χ1v) is 6.95. The standard InChI is InChI=1S/C12H26N2OS/c1-9(2)8-12(5,16-7-6-13)11(15)14-10(3)4/h9-10H,6-8,13H2,1-5H3,(H,14,15). The SMILES string of the molecule is CC(C)CC(C)(SCCN)C(=O)NC(C)C. The van der Waals surface area contributed by atoms with Crippen LogP contribution in [-0.4, -0.2) is 29.0 Å². The van der Waals surface area contributed by atoms with E-state index in [1.807, 2.05) is 20.8 Å². The zero-order valence-corrected chi connectivity index (χ0v) is 12.0. The van der Waals surface area contributed by atoms with Gasteiger partial charge in [-0.15, -0.1) is 11.8 Å². The molecule has 0 aromatic heterocycles. The molecule has 4 heteroatoms. The Bertz CT molecular complexity index is 219. The smallest absolute Gasteiger partial charge is 0.236 e. The van der Waals surface area contributed by atoms with Gasteiger partial charge in [0.2, 0.25) is 5.91 Å². The highest BCUT2D eigenvalue weighted by Gasteiger charge is 2.34. The third-order valence-electron chi connectivity index (χ3n) is 2.24. The third-order valence-corrected chi connectivity index (χ3v) is 3.67. The van der Waals surface area contributed by atoms with Gasteiger partial charge in [0, 0.05) is 18.3 Å². The molecular weight excluding hydrogens is 220 g/mol. The molecule has 0 heterocycles. The van der Waals surface area contributed by atoms with Crippen molar-refractivity contribution >= 4 is 17.7 Å². The average molecular weight is 246 g/mol. The molecule has 96 valence electrons. The van der Waals surface area contributed by atoms with Crippen molar-refractivity contribution in [3.63, 3.8) is 0 Å². The molecule has 0 aromatic carbocycles. The number of thioether (sulfide) groups is 1. The van der Waals surface area contributed by atoms with Gasteiger partial charge in [-0.2, -0.15) is 0 Å². The summed E-state index contributed by atoms with van der Waals surface area (Å²) in [5.74, 6) is 1.47. The molecule has 1 atom stereocenters. The highest BCUT2D eigenvalue weighted by molar-refractivity contribution is 8.01. The maximum atomic E-state index is 12.1. The van der Waals surface area contributed by atoms with Crippen molar-refractivity contribution < 1.29 is 4.79 Å². The summed E-state index contributed by atoms with van der Waals surface area (Å²) in [5, 5.41) is 3.00. The van der Waals surface area contributed by atoms with Crippen LogP contribution in [0.25, 0.3) is 0 Å². The summed E-state index contributed by atoms with van der Waals surface area (Å²) in [4.78, 5) is 12.1. The van der Waals surface area contributed by atoms with Crippen LogP contribution >= 0.6 is 11.8 Å². The third kappa shape index (κ3) is 5.75. The topological polar surface area (TPSA) is 55.1 Å². The number of nitrogens with one attached hydrogen (secondary N) is 1. The minimum absolute atomic E-state index is 0.134. The fraction of sp³-hybridized carbons (Fsp3) is 0.917. The summed E-state index contributed by atoms with van der Waals surface area (Å²) in [7, 11) is 0. The Balaban J connectivity index is 4.56. The first kappa shape index (κ1) is 15.8. The van der Waals surface area contributed by atoms with Gasteiger partial charge in [0.05, 0.1) is 4.75 Å². The van der Waals surface area contributed by atoms with Gasteiger partial charge in [-0.3, -0.25) is 4.79 Å². The van der Waals surface area contributed by atoms with E-state index in [2.05, 4.69) is 19.2 Å². The van der Waals surface area contributed by atoms with Crippen molar-refractivity contribution in [1.29, 1.82) is 0 Å². The Morgan fingerprint density at radius 2 is 1.94 bits per heavy atom. The van der Waals surface area contributed by atoms with Crippen molar-refractivity contribution in [3.8, 4) is 0 Å². The van der Waals surface area contributed by atoms with Crippen LogP contribution in [0.4, 0.5) is 0 Å². The van der Waals surface area contributed by atoms with Crippen LogP contribution in [0.5, 0.6) is 0 Å². The van der Waals surface area contributed by atoms with E-state index in [1.54, 1.807) is 11.8 Å². The number of nitrogens with two attached hydrogens (primary N) is 1. The van der Waals surface area contributed by atoms with Crippen molar-refractivity contribution in [1.82, 2.24) is 5.32 Å². The van der Waals surface area contributed by atoms with Gasteiger partial charge in [0.15, 0.2) is 0 Å². The van der Waals surface area contributed by atoms with Crippen molar-refractivity contribution in [2.24, 2.45) is 11.7 Å². The number of amides is 1. The van der Waals surface area contributed by atoms with Crippen LogP contribution in [-0.2, 0) is 4.79 Å². The molecule has 3 nitrogen and oxygen atoms in total. The Labute approximate surface area is 104 Å². The zero-order chi connectivity index (χ0) is 12.8. The number of hydrogen-bond donors (Lipinski definition) is 2. The van der Waals surface area contributed by atoms with Crippen molar-refractivity contribution in [3.05, 3.63) is 0 Å². The van der Waals surface area contributed by atoms with Gasteiger partial charge in [-0.1, -0.05) is 13.8 Å². The number of hydrogen-bond acceptors (Lipinski definition) is 3. The van der Waals surface area contributed by atoms with E-state index < -0.39 is 0 Å². The monoisotopic (exact) mass is 246 g/mol. The molecule has 0 aliphatic rings. The van der Waals surface area contributed by atoms with Crippen LogP contribution in [0, 0.1) is 5.92 Å². The van der Waals surface area contributed by atoms with Gasteiger partial charge in [0.25, 0.3) is 0 Å². The second-order valence-electron chi connectivity index (χ2n) is 5.09. The molecule has 0 radical (unpaired) electrons. The van der Waals surface area contributed by atoms with Gasteiger partial charge >= 0.3 is 0 Å². The van der Waals surface area contributed by atoms with Gasteiger partial charge < -0.3 is 11.1 Å². The fourth-order valence-electron chi connectivity index (χ4n) is 1.70. The Morgan fingerprint density at radius 1 is 1.38 bits per heavy atom. The van der Waals surface area contributed by atoms with Gasteiger partial charge in [0.1, 0.15) is 0 Å². The highest BCUT2D eigenvalue weighted by atomic mass is 32.2. The summed E-state index contributed by atoms with van der Waals surface area (Å²) >= 11 is 1.67. The zero-order valence-electron chi connectivity index (χ0n) is 11.2. The summed E-state index contributed by atoms with van der Waals surface area (Å²) < 4.78 is -0.349. The molecule has 0 aliphatic heterocycles.